The predicted molar refractivity (Wildman–Crippen MR) is 82.1 cm³/mol. The van der Waals surface area contributed by atoms with E-state index in [1.807, 2.05) is 0 Å². The van der Waals surface area contributed by atoms with Gasteiger partial charge in [-0.3, -0.25) is 14.9 Å². The number of carbonyl (C=O) groups is 1. The fraction of sp³-hybridized carbons (Fsp3) is 0.0714. The number of nitrogens with zero attached hydrogens (tertiary/aromatic N) is 1. The Hall–Kier alpha value is -1.92. The molecule has 0 heterocycles. The zero-order chi connectivity index (χ0) is 15.4. The maximum Gasteiger partial charge on any atom is 0.312 e. The molecule has 0 unspecified atom stereocenters. The van der Waals surface area contributed by atoms with Crippen LogP contribution in [0.3, 0.4) is 0 Å². The molecule has 0 radical (unpaired) electrons. The van der Waals surface area contributed by atoms with E-state index in [0.29, 0.717) is 15.1 Å². The fourth-order valence-corrected chi connectivity index (χ4v) is 2.40. The molecule has 0 saturated carbocycles. The predicted octanol–water partition coefficient (Wildman–Crippen LogP) is 4.27. The second kappa shape index (κ2) is 6.69. The van der Waals surface area contributed by atoms with Crippen LogP contribution in [0.25, 0.3) is 0 Å². The number of nitro groups is 1. The van der Waals surface area contributed by atoms with Crippen molar-refractivity contribution in [2.24, 2.45) is 0 Å². The van der Waals surface area contributed by atoms with Gasteiger partial charge in [-0.25, -0.2) is 0 Å². The van der Waals surface area contributed by atoms with Crippen LogP contribution in [0.1, 0.15) is 10.4 Å². The van der Waals surface area contributed by atoms with Crippen molar-refractivity contribution in [3.63, 3.8) is 0 Å². The first kappa shape index (κ1) is 15.5. The highest BCUT2D eigenvalue weighted by Gasteiger charge is 2.19. The number of hydrogen-bond donors (Lipinski definition) is 0. The molecule has 21 heavy (non-hydrogen) atoms. The van der Waals surface area contributed by atoms with Gasteiger partial charge in [0.1, 0.15) is 0 Å². The first-order valence-corrected chi connectivity index (χ1v) is 7.01. The van der Waals surface area contributed by atoms with Gasteiger partial charge in [-0.05, 0) is 34.1 Å². The highest BCUT2D eigenvalue weighted by Crippen LogP contribution is 2.34. The lowest BCUT2D eigenvalue weighted by molar-refractivity contribution is -0.385. The lowest BCUT2D eigenvalue weighted by Gasteiger charge is -2.08. The van der Waals surface area contributed by atoms with Crippen molar-refractivity contribution in [3.05, 3.63) is 67.6 Å². The summed E-state index contributed by atoms with van der Waals surface area (Å²) in [5.74, 6) is -0.339. The molecule has 0 N–H and O–H groups in total. The Morgan fingerprint density at radius 2 is 1.95 bits per heavy atom. The average Bonchev–Trinajstić information content (AvgIpc) is 2.45. The molecule has 5 nitrogen and oxygen atoms in total. The summed E-state index contributed by atoms with van der Waals surface area (Å²) < 4.78 is 5.71. The zero-order valence-corrected chi connectivity index (χ0v) is 12.9. The van der Waals surface area contributed by atoms with Crippen molar-refractivity contribution in [2.45, 2.75) is 0 Å². The molecule has 7 heteroatoms. The Balaban J connectivity index is 2.19. The molecule has 0 aromatic heterocycles. The van der Waals surface area contributed by atoms with Crippen molar-refractivity contribution in [2.75, 3.05) is 6.61 Å². The Morgan fingerprint density at radius 3 is 2.62 bits per heavy atom. The number of benzene rings is 2. The minimum Gasteiger partial charge on any atom is -0.478 e. The molecular weight excluding hydrogens is 362 g/mol. The van der Waals surface area contributed by atoms with Gasteiger partial charge in [0.2, 0.25) is 11.5 Å². The van der Waals surface area contributed by atoms with E-state index >= 15 is 0 Å². The molecule has 108 valence electrons. The van der Waals surface area contributed by atoms with Gasteiger partial charge in [-0.15, -0.1) is 0 Å². The van der Waals surface area contributed by atoms with Gasteiger partial charge < -0.3 is 4.74 Å². The van der Waals surface area contributed by atoms with Gasteiger partial charge in [-0.1, -0.05) is 29.8 Å². The van der Waals surface area contributed by atoms with Crippen LogP contribution in [0, 0.1) is 10.1 Å². The molecule has 0 aliphatic heterocycles. The highest BCUT2D eigenvalue weighted by atomic mass is 79.9. The third kappa shape index (κ3) is 3.59. The largest absolute Gasteiger partial charge is 0.478 e. The normalized spacial score (nSPS) is 10.2. The molecule has 2 aromatic carbocycles. The SMILES string of the molecule is O=C(COc1c(Br)cccc1[N+](=O)[O-])c1ccccc1Cl. The van der Waals surface area contributed by atoms with Gasteiger partial charge >= 0.3 is 5.69 Å². The second-order valence-corrected chi connectivity index (χ2v) is 5.30. The summed E-state index contributed by atoms with van der Waals surface area (Å²) in [5, 5.41) is 11.3. The van der Waals surface area contributed by atoms with E-state index in [-0.39, 0.29) is 23.8 Å². The van der Waals surface area contributed by atoms with Gasteiger partial charge in [-0.2, -0.15) is 0 Å². The number of carbonyl (C=O) groups excluding carboxylic acids is 1. The number of nitro benzene ring substituents is 1. The number of ketones is 1. The lowest BCUT2D eigenvalue weighted by Crippen LogP contribution is -2.13. The van der Waals surface area contributed by atoms with Crippen molar-refractivity contribution >= 4 is 39.0 Å². The number of halogens is 2. The Morgan fingerprint density at radius 1 is 1.24 bits per heavy atom. The number of hydrogen-bond acceptors (Lipinski definition) is 4. The van der Waals surface area contributed by atoms with Crippen molar-refractivity contribution < 1.29 is 14.5 Å². The van der Waals surface area contributed by atoms with E-state index in [0.717, 1.165) is 0 Å². The first-order chi connectivity index (χ1) is 10.0. The number of para-hydroxylation sites is 1. The molecule has 2 rings (SSSR count). The first-order valence-electron chi connectivity index (χ1n) is 5.84. The van der Waals surface area contributed by atoms with Gasteiger partial charge in [0.25, 0.3) is 0 Å². The topological polar surface area (TPSA) is 69.4 Å². The summed E-state index contributed by atoms with van der Waals surface area (Å²) in [4.78, 5) is 22.4. The van der Waals surface area contributed by atoms with Gasteiger partial charge in [0.15, 0.2) is 6.61 Å². The van der Waals surface area contributed by atoms with E-state index in [2.05, 4.69) is 15.9 Å². The maximum absolute atomic E-state index is 12.0. The van der Waals surface area contributed by atoms with Crippen molar-refractivity contribution in [1.82, 2.24) is 0 Å². The molecule has 0 aliphatic rings. The third-order valence-electron chi connectivity index (χ3n) is 2.66. The average molecular weight is 371 g/mol. The van der Waals surface area contributed by atoms with Crippen LogP contribution in [0.15, 0.2) is 46.9 Å². The zero-order valence-electron chi connectivity index (χ0n) is 10.6. The van der Waals surface area contributed by atoms with Crippen LogP contribution in [0.4, 0.5) is 5.69 Å². The molecule has 0 amide bonds. The number of Topliss-reactive ketones (excluding diaryl/α,β-unsaturated/α-hetero) is 1. The minimum atomic E-state index is -0.569. The maximum atomic E-state index is 12.0. The van der Waals surface area contributed by atoms with Crippen LogP contribution >= 0.6 is 27.5 Å². The monoisotopic (exact) mass is 369 g/mol. The van der Waals surface area contributed by atoms with Crippen molar-refractivity contribution in [3.8, 4) is 5.75 Å². The lowest BCUT2D eigenvalue weighted by atomic mass is 10.1. The molecule has 2 aromatic rings. The Bertz CT molecular complexity index is 705. The highest BCUT2D eigenvalue weighted by molar-refractivity contribution is 9.10. The van der Waals surface area contributed by atoms with E-state index in [4.69, 9.17) is 16.3 Å². The molecule has 0 aliphatic carbocycles. The van der Waals surface area contributed by atoms with Gasteiger partial charge in [0.05, 0.1) is 14.4 Å². The smallest absolute Gasteiger partial charge is 0.312 e. The molecule has 0 saturated heterocycles. The van der Waals surface area contributed by atoms with E-state index in [9.17, 15) is 14.9 Å². The summed E-state index contributed by atoms with van der Waals surface area (Å²) >= 11 is 9.09. The minimum absolute atomic E-state index is 0.0166. The molecule has 0 fully saturated rings. The van der Waals surface area contributed by atoms with Crippen LogP contribution in [-0.2, 0) is 0 Å². The Labute approximate surface area is 133 Å². The molecule has 0 atom stereocenters. The number of ether oxygens (including phenoxy) is 1. The fourth-order valence-electron chi connectivity index (χ4n) is 1.69. The second-order valence-electron chi connectivity index (χ2n) is 4.04. The van der Waals surface area contributed by atoms with Gasteiger partial charge in [0, 0.05) is 11.6 Å². The number of rotatable bonds is 5. The standard InChI is InChI=1S/C14H9BrClNO4/c15-10-5-3-7-12(17(19)20)14(10)21-8-13(18)9-4-1-2-6-11(9)16/h1-7H,8H2. The quantitative estimate of drug-likeness (QED) is 0.448. The van der Waals surface area contributed by atoms with E-state index in [1.54, 1.807) is 30.3 Å². The van der Waals surface area contributed by atoms with Crippen LogP contribution < -0.4 is 4.74 Å². The Kier molecular flexibility index (Phi) is 4.93. The summed E-state index contributed by atoms with van der Waals surface area (Å²) in [6.45, 7) is -0.340. The summed E-state index contributed by atoms with van der Waals surface area (Å²) in [7, 11) is 0. The molecular formula is C14H9BrClNO4. The van der Waals surface area contributed by atoms with Crippen LogP contribution in [0.2, 0.25) is 5.02 Å². The molecule has 0 bridgehead atoms. The summed E-state index contributed by atoms with van der Waals surface area (Å²) in [6, 6.07) is 11.0. The van der Waals surface area contributed by atoms with E-state index < -0.39 is 4.92 Å². The van der Waals surface area contributed by atoms with E-state index in [1.165, 1.54) is 12.1 Å². The summed E-state index contributed by atoms with van der Waals surface area (Å²) in [6.07, 6.45) is 0. The summed E-state index contributed by atoms with van der Waals surface area (Å²) in [5.41, 5.74) is 0.102. The van der Waals surface area contributed by atoms with Crippen molar-refractivity contribution in [1.29, 1.82) is 0 Å². The van der Waals surface area contributed by atoms with Crippen LogP contribution in [-0.4, -0.2) is 17.3 Å². The third-order valence-corrected chi connectivity index (χ3v) is 3.62. The molecule has 0 spiro atoms. The van der Waals surface area contributed by atoms with Crippen LogP contribution in [0.5, 0.6) is 5.75 Å².